The van der Waals surface area contributed by atoms with Gasteiger partial charge in [-0.3, -0.25) is 4.79 Å². The second-order valence-corrected chi connectivity index (χ2v) is 7.38. The Kier molecular flexibility index (Phi) is 4.68. The summed E-state index contributed by atoms with van der Waals surface area (Å²) < 4.78 is 42.0. The fourth-order valence-corrected chi connectivity index (χ4v) is 3.79. The highest BCUT2D eigenvalue weighted by Crippen LogP contribution is 2.38. The fraction of sp³-hybridized carbons (Fsp3) is 0.273. The molecule has 1 atom stereocenters. The van der Waals surface area contributed by atoms with Crippen LogP contribution in [0.1, 0.15) is 45.7 Å². The minimum absolute atomic E-state index is 0.0384. The van der Waals surface area contributed by atoms with Crippen LogP contribution in [0.25, 0.3) is 0 Å². The number of carbonyl (C=O) groups excluding carboxylic acids is 1. The molecule has 0 aliphatic carbocycles. The number of rotatable bonds is 4. The van der Waals surface area contributed by atoms with E-state index in [4.69, 9.17) is 0 Å². The second kappa shape index (κ2) is 7.06. The Morgan fingerprint density at radius 2 is 1.93 bits per heavy atom. The maximum atomic E-state index is 13.3. The van der Waals surface area contributed by atoms with Crippen LogP contribution in [0.4, 0.5) is 18.9 Å². The van der Waals surface area contributed by atoms with Crippen LogP contribution in [0.15, 0.2) is 54.9 Å². The number of aryl methyl sites for hydroxylation is 1. The van der Waals surface area contributed by atoms with Crippen molar-refractivity contribution in [3.05, 3.63) is 82.9 Å². The Hall–Kier alpha value is -3.09. The highest BCUT2D eigenvalue weighted by atomic mass is 19.4. The van der Waals surface area contributed by atoms with Gasteiger partial charge < -0.3 is 9.47 Å². The molecule has 4 rings (SSSR count). The number of hydrogen-bond acceptors (Lipinski definition) is 2. The molecule has 1 unspecified atom stereocenters. The second-order valence-electron chi connectivity index (χ2n) is 7.38. The van der Waals surface area contributed by atoms with Crippen molar-refractivity contribution in [2.75, 3.05) is 4.90 Å². The first kappa shape index (κ1) is 19.2. The molecule has 0 saturated carbocycles. The van der Waals surface area contributed by atoms with Crippen LogP contribution < -0.4 is 4.90 Å². The summed E-state index contributed by atoms with van der Waals surface area (Å²) in [6, 6.07) is 11.2. The minimum atomic E-state index is -4.49. The van der Waals surface area contributed by atoms with Gasteiger partial charge in [0.1, 0.15) is 5.82 Å². The monoisotopic (exact) mass is 399 g/mol. The molecule has 0 N–H and O–H groups in total. The van der Waals surface area contributed by atoms with Crippen LogP contribution in [-0.4, -0.2) is 15.5 Å². The number of anilines is 1. The fourth-order valence-electron chi connectivity index (χ4n) is 3.79. The molecule has 0 fully saturated rings. The zero-order chi connectivity index (χ0) is 20.8. The average Bonchev–Trinajstić information content (AvgIpc) is 3.24. The third kappa shape index (κ3) is 3.52. The lowest BCUT2D eigenvalue weighted by atomic mass is 9.97. The molecule has 29 heavy (non-hydrogen) atoms. The molecule has 1 aliphatic heterocycles. The number of hydrogen-bond donors (Lipinski definition) is 0. The molecule has 150 valence electrons. The SMILES string of the molecule is CC(Cc1nccn1C)c1cccc(N2Cc3c(cccc3C(F)(F)F)C2=O)c1. The van der Waals surface area contributed by atoms with E-state index in [9.17, 15) is 18.0 Å². The van der Waals surface area contributed by atoms with Crippen molar-refractivity contribution in [3.8, 4) is 0 Å². The van der Waals surface area contributed by atoms with Gasteiger partial charge in [-0.1, -0.05) is 25.1 Å². The topological polar surface area (TPSA) is 38.1 Å². The van der Waals surface area contributed by atoms with E-state index in [-0.39, 0.29) is 23.6 Å². The van der Waals surface area contributed by atoms with Gasteiger partial charge in [-0.25, -0.2) is 4.98 Å². The zero-order valence-corrected chi connectivity index (χ0v) is 16.1. The predicted molar refractivity (Wildman–Crippen MR) is 104 cm³/mol. The van der Waals surface area contributed by atoms with Gasteiger partial charge in [-0.05, 0) is 41.3 Å². The smallest absolute Gasteiger partial charge is 0.338 e. The van der Waals surface area contributed by atoms with Crippen molar-refractivity contribution in [2.24, 2.45) is 7.05 Å². The summed E-state index contributed by atoms with van der Waals surface area (Å²) >= 11 is 0. The van der Waals surface area contributed by atoms with E-state index in [2.05, 4.69) is 11.9 Å². The van der Waals surface area contributed by atoms with Gasteiger partial charge in [0.15, 0.2) is 0 Å². The van der Waals surface area contributed by atoms with E-state index in [1.807, 2.05) is 36.0 Å². The lowest BCUT2D eigenvalue weighted by molar-refractivity contribution is -0.138. The molecule has 2 aromatic carbocycles. The van der Waals surface area contributed by atoms with Crippen LogP contribution in [0.2, 0.25) is 0 Å². The number of imidazole rings is 1. The maximum absolute atomic E-state index is 13.3. The van der Waals surface area contributed by atoms with Gasteiger partial charge in [0.2, 0.25) is 0 Å². The lowest BCUT2D eigenvalue weighted by Crippen LogP contribution is -2.23. The van der Waals surface area contributed by atoms with E-state index in [1.165, 1.54) is 17.0 Å². The first-order chi connectivity index (χ1) is 13.8. The van der Waals surface area contributed by atoms with Crippen molar-refractivity contribution in [3.63, 3.8) is 0 Å². The lowest BCUT2D eigenvalue weighted by Gasteiger charge is -2.19. The number of halogens is 3. The Balaban J connectivity index is 1.62. The standard InChI is InChI=1S/C22H20F3N3O/c1-14(11-20-26-9-10-27(20)2)15-5-3-6-16(12-15)28-13-18-17(21(28)29)7-4-8-19(18)22(23,24)25/h3-10,12,14H,11,13H2,1-2H3. The molecule has 0 saturated heterocycles. The van der Waals surface area contributed by atoms with Crippen LogP contribution in [0, 0.1) is 0 Å². The Bertz CT molecular complexity index is 1070. The summed E-state index contributed by atoms with van der Waals surface area (Å²) in [5, 5.41) is 0. The van der Waals surface area contributed by atoms with E-state index in [0.29, 0.717) is 5.69 Å². The van der Waals surface area contributed by atoms with Crippen molar-refractivity contribution in [1.82, 2.24) is 9.55 Å². The number of aromatic nitrogens is 2. The molecule has 1 aliphatic rings. The summed E-state index contributed by atoms with van der Waals surface area (Å²) in [5.41, 5.74) is 1.02. The van der Waals surface area contributed by atoms with Crippen molar-refractivity contribution in [2.45, 2.75) is 32.0 Å². The Morgan fingerprint density at radius 3 is 2.62 bits per heavy atom. The van der Waals surface area contributed by atoms with E-state index >= 15 is 0 Å². The van der Waals surface area contributed by atoms with Gasteiger partial charge in [0.25, 0.3) is 5.91 Å². The molecule has 1 amide bonds. The van der Waals surface area contributed by atoms with Gasteiger partial charge in [-0.15, -0.1) is 0 Å². The predicted octanol–water partition coefficient (Wildman–Crippen LogP) is 4.95. The zero-order valence-electron chi connectivity index (χ0n) is 16.1. The molecular weight excluding hydrogens is 379 g/mol. The summed E-state index contributed by atoms with van der Waals surface area (Å²) in [7, 11) is 1.93. The molecule has 7 heteroatoms. The molecule has 0 radical (unpaired) electrons. The van der Waals surface area contributed by atoms with E-state index in [0.717, 1.165) is 23.9 Å². The van der Waals surface area contributed by atoms with Crippen LogP contribution in [0.3, 0.4) is 0 Å². The van der Waals surface area contributed by atoms with Gasteiger partial charge in [0.05, 0.1) is 12.1 Å². The van der Waals surface area contributed by atoms with Crippen LogP contribution in [-0.2, 0) is 26.2 Å². The number of benzene rings is 2. The van der Waals surface area contributed by atoms with Gasteiger partial charge in [0, 0.05) is 37.1 Å². The number of carbonyl (C=O) groups is 1. The highest BCUT2D eigenvalue weighted by molar-refractivity contribution is 6.10. The van der Waals surface area contributed by atoms with Crippen molar-refractivity contribution >= 4 is 11.6 Å². The van der Waals surface area contributed by atoms with Gasteiger partial charge in [-0.2, -0.15) is 13.2 Å². The first-order valence-electron chi connectivity index (χ1n) is 9.33. The average molecular weight is 399 g/mol. The van der Waals surface area contributed by atoms with Crippen molar-refractivity contribution in [1.29, 1.82) is 0 Å². The summed E-state index contributed by atoms with van der Waals surface area (Å²) in [5.74, 6) is 0.684. The summed E-state index contributed by atoms with van der Waals surface area (Å²) in [6.45, 7) is 1.98. The van der Waals surface area contributed by atoms with Crippen LogP contribution in [0.5, 0.6) is 0 Å². The third-order valence-electron chi connectivity index (χ3n) is 5.43. The molecule has 2 heterocycles. The normalized spacial score (nSPS) is 14.9. The Morgan fingerprint density at radius 1 is 1.17 bits per heavy atom. The Labute approximate surface area is 166 Å². The molecular formula is C22H20F3N3O. The molecule has 1 aromatic heterocycles. The molecule has 4 nitrogen and oxygen atoms in total. The minimum Gasteiger partial charge on any atom is -0.338 e. The molecule has 0 bridgehead atoms. The largest absolute Gasteiger partial charge is 0.416 e. The van der Waals surface area contributed by atoms with E-state index in [1.54, 1.807) is 12.3 Å². The number of amides is 1. The number of fused-ring (bicyclic) bond motifs is 1. The van der Waals surface area contributed by atoms with Crippen LogP contribution >= 0.6 is 0 Å². The number of alkyl halides is 3. The van der Waals surface area contributed by atoms with E-state index < -0.39 is 17.6 Å². The molecule has 0 spiro atoms. The summed E-state index contributed by atoms with van der Waals surface area (Å²) in [4.78, 5) is 18.6. The van der Waals surface area contributed by atoms with Gasteiger partial charge >= 0.3 is 6.18 Å². The quantitative estimate of drug-likeness (QED) is 0.623. The highest BCUT2D eigenvalue weighted by Gasteiger charge is 2.39. The summed E-state index contributed by atoms with van der Waals surface area (Å²) in [6.07, 6.45) is -0.132. The number of nitrogens with zero attached hydrogens (tertiary/aromatic N) is 3. The first-order valence-corrected chi connectivity index (χ1v) is 9.33. The third-order valence-corrected chi connectivity index (χ3v) is 5.43. The molecule has 3 aromatic rings. The maximum Gasteiger partial charge on any atom is 0.416 e. The van der Waals surface area contributed by atoms with Crippen molar-refractivity contribution < 1.29 is 18.0 Å².